The summed E-state index contributed by atoms with van der Waals surface area (Å²) in [5, 5.41) is 18.3. The van der Waals surface area contributed by atoms with Gasteiger partial charge in [0.15, 0.2) is 0 Å². The molecule has 0 aromatic heterocycles. The van der Waals surface area contributed by atoms with E-state index in [0.29, 0.717) is 23.2 Å². The van der Waals surface area contributed by atoms with Gasteiger partial charge >= 0.3 is 5.97 Å². The molecule has 0 heterocycles. The predicted molar refractivity (Wildman–Crippen MR) is 121 cm³/mol. The van der Waals surface area contributed by atoms with Crippen molar-refractivity contribution >= 4 is 5.97 Å². The number of carboxylic acids is 1. The van der Waals surface area contributed by atoms with Crippen molar-refractivity contribution in [3.8, 4) is 0 Å². The van der Waals surface area contributed by atoms with Crippen LogP contribution in [0.3, 0.4) is 0 Å². The molecule has 4 rings (SSSR count). The Morgan fingerprint density at radius 2 is 1.77 bits per heavy atom. The van der Waals surface area contributed by atoms with Crippen LogP contribution in [0.1, 0.15) is 104 Å². The largest absolute Gasteiger partial charge is 0.515 e. The van der Waals surface area contributed by atoms with E-state index in [2.05, 4.69) is 20.8 Å². The predicted octanol–water partition coefficient (Wildman–Crippen LogP) is 7.37. The quantitative estimate of drug-likeness (QED) is 0.351. The molecule has 8 atom stereocenters. The molecule has 2 N–H and O–H groups in total. The highest BCUT2D eigenvalue weighted by atomic mass is 16.4. The zero-order valence-electron chi connectivity index (χ0n) is 19.5. The van der Waals surface area contributed by atoms with E-state index in [1.54, 1.807) is 0 Å². The van der Waals surface area contributed by atoms with Gasteiger partial charge in [-0.25, -0.2) is 4.79 Å². The topological polar surface area (TPSA) is 57.5 Å². The number of aliphatic hydroxyl groups excluding tert-OH is 1. The molecule has 4 aliphatic carbocycles. The minimum atomic E-state index is -0.983. The third-order valence-corrected chi connectivity index (χ3v) is 10.9. The maximum Gasteiger partial charge on any atom is 0.334 e. The number of carbonyl (C=O) groups is 1. The first-order valence-electron chi connectivity index (χ1n) is 12.9. The van der Waals surface area contributed by atoms with Crippen LogP contribution in [-0.2, 0) is 4.79 Å². The fraction of sp³-hybridized carbons (Fsp3) is 0.889. The van der Waals surface area contributed by atoms with Crippen molar-refractivity contribution in [2.45, 2.75) is 104 Å². The lowest BCUT2D eigenvalue weighted by Crippen LogP contribution is -2.53. The first-order valence-corrected chi connectivity index (χ1v) is 12.9. The Bertz CT molecular complexity index is 669. The molecule has 3 heteroatoms. The van der Waals surface area contributed by atoms with Crippen molar-refractivity contribution in [2.24, 2.45) is 46.3 Å². The van der Waals surface area contributed by atoms with E-state index in [4.69, 9.17) is 10.2 Å². The first-order chi connectivity index (χ1) is 14.3. The smallest absolute Gasteiger partial charge is 0.334 e. The van der Waals surface area contributed by atoms with Crippen LogP contribution in [0.5, 0.6) is 0 Å². The van der Waals surface area contributed by atoms with Crippen LogP contribution in [0.2, 0.25) is 0 Å². The van der Waals surface area contributed by atoms with Crippen molar-refractivity contribution in [1.82, 2.24) is 0 Å². The molecule has 0 saturated heterocycles. The summed E-state index contributed by atoms with van der Waals surface area (Å²) in [6, 6.07) is 0. The number of hydrogen-bond donors (Lipinski definition) is 2. The van der Waals surface area contributed by atoms with Crippen LogP contribution in [-0.4, -0.2) is 16.2 Å². The fourth-order valence-corrected chi connectivity index (χ4v) is 9.31. The van der Waals surface area contributed by atoms with Gasteiger partial charge in [0.05, 0.1) is 11.8 Å². The monoisotopic (exact) mass is 416 g/mol. The standard InChI is InChI=1S/C27H44O3/c1-18(7-6-8-19(17-28)25(29)30)22-12-13-23-21-11-10-20-9-4-5-15-26(20,2)24(21)14-16-27(22,23)3/h17-18,20-24,28H,4-16H2,1-3H3,(H,29,30)/t18-,20?,21+,22-,23+,24+,26+,27-/m1/s1. The summed E-state index contributed by atoms with van der Waals surface area (Å²) in [5.74, 6) is 4.28. The van der Waals surface area contributed by atoms with Gasteiger partial charge in [-0.3, -0.25) is 0 Å². The number of hydrogen-bond acceptors (Lipinski definition) is 2. The molecule has 1 unspecified atom stereocenters. The Kier molecular flexibility index (Phi) is 6.30. The van der Waals surface area contributed by atoms with E-state index in [9.17, 15) is 4.79 Å². The molecular formula is C27H44O3. The first kappa shape index (κ1) is 22.2. The fourth-order valence-electron chi connectivity index (χ4n) is 9.31. The Morgan fingerprint density at radius 1 is 1.00 bits per heavy atom. The van der Waals surface area contributed by atoms with Crippen LogP contribution in [0.15, 0.2) is 11.8 Å². The van der Waals surface area contributed by atoms with Gasteiger partial charge < -0.3 is 10.2 Å². The lowest BCUT2D eigenvalue weighted by Gasteiger charge is -2.61. The third-order valence-electron chi connectivity index (χ3n) is 10.9. The van der Waals surface area contributed by atoms with E-state index in [1.807, 2.05) is 0 Å². The molecule has 0 aromatic carbocycles. The average molecular weight is 417 g/mol. The Balaban J connectivity index is 1.41. The molecule has 30 heavy (non-hydrogen) atoms. The SMILES string of the molecule is C[C@H](CCCC(=CO)C(=O)O)[C@H]1CC[C@H]2[C@@H]3CCC4CCCC[C@]4(C)[C@H]3CC[C@]12C. The maximum atomic E-state index is 11.1. The molecule has 4 fully saturated rings. The van der Waals surface area contributed by atoms with Gasteiger partial charge in [0.25, 0.3) is 0 Å². The second-order valence-electron chi connectivity index (χ2n) is 12.0. The number of carboxylic acid groups (broad SMARTS) is 1. The van der Waals surface area contributed by atoms with Crippen molar-refractivity contribution in [3.63, 3.8) is 0 Å². The van der Waals surface area contributed by atoms with Gasteiger partial charge in [0.1, 0.15) is 0 Å². The number of fused-ring (bicyclic) bond motifs is 5. The summed E-state index contributed by atoms with van der Waals surface area (Å²) in [4.78, 5) is 11.1. The average Bonchev–Trinajstić information content (AvgIpc) is 3.07. The van der Waals surface area contributed by atoms with Gasteiger partial charge in [0, 0.05) is 0 Å². The lowest BCUT2D eigenvalue weighted by molar-refractivity contribution is -0.133. The molecule has 0 aliphatic heterocycles. The number of rotatable bonds is 6. The minimum Gasteiger partial charge on any atom is -0.515 e. The van der Waals surface area contributed by atoms with Crippen molar-refractivity contribution < 1.29 is 15.0 Å². The van der Waals surface area contributed by atoms with Gasteiger partial charge in [-0.1, -0.05) is 40.0 Å². The zero-order valence-corrected chi connectivity index (χ0v) is 19.5. The maximum absolute atomic E-state index is 11.1. The van der Waals surface area contributed by atoms with E-state index < -0.39 is 5.97 Å². The summed E-state index contributed by atoms with van der Waals surface area (Å²) in [6.07, 6.45) is 17.7. The highest BCUT2D eigenvalue weighted by Crippen LogP contribution is 2.68. The molecule has 0 radical (unpaired) electrons. The molecule has 0 amide bonds. The van der Waals surface area contributed by atoms with E-state index in [0.717, 1.165) is 48.7 Å². The van der Waals surface area contributed by atoms with Gasteiger partial charge in [0.2, 0.25) is 0 Å². The lowest BCUT2D eigenvalue weighted by atomic mass is 9.44. The minimum absolute atomic E-state index is 0.149. The summed E-state index contributed by atoms with van der Waals surface area (Å²) in [6.45, 7) is 7.70. The zero-order chi connectivity index (χ0) is 21.5. The highest BCUT2D eigenvalue weighted by Gasteiger charge is 2.59. The van der Waals surface area contributed by atoms with Crippen LogP contribution in [0.4, 0.5) is 0 Å². The molecule has 3 nitrogen and oxygen atoms in total. The van der Waals surface area contributed by atoms with Gasteiger partial charge in [-0.05, 0) is 111 Å². The summed E-state index contributed by atoms with van der Waals surface area (Å²) in [7, 11) is 0. The number of aliphatic carboxylic acids is 1. The second kappa shape index (κ2) is 8.51. The highest BCUT2D eigenvalue weighted by molar-refractivity contribution is 5.86. The number of aliphatic hydroxyl groups is 1. The molecule has 4 aliphatic rings. The third kappa shape index (κ3) is 3.62. The van der Waals surface area contributed by atoms with Crippen LogP contribution in [0, 0.1) is 46.3 Å². The van der Waals surface area contributed by atoms with Gasteiger partial charge in [-0.2, -0.15) is 0 Å². The second-order valence-corrected chi connectivity index (χ2v) is 12.0. The normalized spacial score (nSPS) is 44.6. The van der Waals surface area contributed by atoms with E-state index in [1.165, 1.54) is 64.2 Å². The van der Waals surface area contributed by atoms with Crippen molar-refractivity contribution in [1.29, 1.82) is 0 Å². The van der Waals surface area contributed by atoms with Crippen molar-refractivity contribution in [2.75, 3.05) is 0 Å². The van der Waals surface area contributed by atoms with Crippen LogP contribution < -0.4 is 0 Å². The summed E-state index contributed by atoms with van der Waals surface area (Å²) in [5.41, 5.74) is 1.26. The molecule has 0 bridgehead atoms. The van der Waals surface area contributed by atoms with Gasteiger partial charge in [-0.15, -0.1) is 0 Å². The van der Waals surface area contributed by atoms with Crippen LogP contribution in [0.25, 0.3) is 0 Å². The van der Waals surface area contributed by atoms with E-state index in [-0.39, 0.29) is 5.57 Å². The molecule has 0 spiro atoms. The van der Waals surface area contributed by atoms with Crippen LogP contribution >= 0.6 is 0 Å². The summed E-state index contributed by atoms with van der Waals surface area (Å²) >= 11 is 0. The molecule has 4 saturated carbocycles. The Hall–Kier alpha value is -0.990. The molecular weight excluding hydrogens is 372 g/mol. The van der Waals surface area contributed by atoms with E-state index >= 15 is 0 Å². The molecule has 0 aromatic rings. The van der Waals surface area contributed by atoms with Crippen molar-refractivity contribution in [3.05, 3.63) is 11.8 Å². The summed E-state index contributed by atoms with van der Waals surface area (Å²) < 4.78 is 0. The Morgan fingerprint density at radius 3 is 2.50 bits per heavy atom. The Labute approximate surface area is 183 Å². The molecule has 170 valence electrons.